The average molecular weight is 225 g/mol. The van der Waals surface area contributed by atoms with Gasteiger partial charge in [-0.1, -0.05) is 32.9 Å². The third kappa shape index (κ3) is 4.31. The summed E-state index contributed by atoms with van der Waals surface area (Å²) in [6.45, 7) is 10.5. The van der Waals surface area contributed by atoms with Crippen LogP contribution in [-0.2, 0) is 17.9 Å². The average Bonchev–Trinajstić information content (AvgIpc) is 2.49. The van der Waals surface area contributed by atoms with Gasteiger partial charge in [-0.15, -0.1) is 5.10 Å². The maximum atomic E-state index is 5.02. The van der Waals surface area contributed by atoms with E-state index < -0.39 is 0 Å². The van der Waals surface area contributed by atoms with Gasteiger partial charge in [0.1, 0.15) is 5.69 Å². The van der Waals surface area contributed by atoms with Gasteiger partial charge in [0.25, 0.3) is 0 Å². The molecule has 0 aliphatic carbocycles. The van der Waals surface area contributed by atoms with Gasteiger partial charge in [0.15, 0.2) is 0 Å². The summed E-state index contributed by atoms with van der Waals surface area (Å²) in [4.78, 5) is 0. The van der Waals surface area contributed by atoms with E-state index in [1.165, 1.54) is 6.42 Å². The lowest BCUT2D eigenvalue weighted by molar-refractivity contribution is 0.181. The van der Waals surface area contributed by atoms with E-state index in [1.807, 2.05) is 10.9 Å². The lowest BCUT2D eigenvalue weighted by Gasteiger charge is -2.26. The molecule has 4 nitrogen and oxygen atoms in total. The third-order valence-corrected chi connectivity index (χ3v) is 2.43. The Kier molecular flexibility index (Phi) is 4.47. The van der Waals surface area contributed by atoms with E-state index in [1.54, 1.807) is 7.11 Å². The van der Waals surface area contributed by atoms with Crippen LogP contribution in [0, 0.1) is 11.3 Å². The second kappa shape index (κ2) is 5.43. The molecule has 1 rings (SSSR count). The van der Waals surface area contributed by atoms with Crippen molar-refractivity contribution in [1.29, 1.82) is 0 Å². The molecule has 0 bridgehead atoms. The fraction of sp³-hybridized carbons (Fsp3) is 0.833. The lowest BCUT2D eigenvalue weighted by atomic mass is 9.84. The van der Waals surface area contributed by atoms with Crippen LogP contribution in [0.5, 0.6) is 0 Å². The molecule has 0 spiro atoms. The second-order valence-corrected chi connectivity index (χ2v) is 5.60. The molecule has 0 N–H and O–H groups in total. The Labute approximate surface area is 98.0 Å². The van der Waals surface area contributed by atoms with Crippen LogP contribution in [0.25, 0.3) is 0 Å². The molecule has 0 fully saturated rings. The van der Waals surface area contributed by atoms with Gasteiger partial charge in [0, 0.05) is 13.7 Å². The molecule has 0 aliphatic rings. The van der Waals surface area contributed by atoms with Crippen molar-refractivity contribution in [2.75, 3.05) is 7.11 Å². The van der Waals surface area contributed by atoms with Crippen LogP contribution in [-0.4, -0.2) is 22.1 Å². The van der Waals surface area contributed by atoms with Gasteiger partial charge in [-0.05, 0) is 17.8 Å². The van der Waals surface area contributed by atoms with Crippen LogP contribution in [0.15, 0.2) is 6.20 Å². The number of ether oxygens (including phenoxy) is 1. The molecule has 0 aromatic carbocycles. The zero-order chi connectivity index (χ0) is 12.2. The maximum Gasteiger partial charge on any atom is 0.108 e. The maximum absolute atomic E-state index is 5.02. The van der Waals surface area contributed by atoms with Gasteiger partial charge in [-0.3, -0.25) is 4.68 Å². The number of nitrogens with zero attached hydrogens (tertiary/aromatic N) is 3. The Bertz CT molecular complexity index is 318. The van der Waals surface area contributed by atoms with Gasteiger partial charge in [0.2, 0.25) is 0 Å². The van der Waals surface area contributed by atoms with Crippen LogP contribution in [0.2, 0.25) is 0 Å². The smallest absolute Gasteiger partial charge is 0.108 e. The van der Waals surface area contributed by atoms with E-state index in [-0.39, 0.29) is 5.41 Å². The molecular formula is C12H23N3O. The molecule has 0 atom stereocenters. The van der Waals surface area contributed by atoms with Crippen LogP contribution >= 0.6 is 0 Å². The molecule has 1 heterocycles. The summed E-state index contributed by atoms with van der Waals surface area (Å²) < 4.78 is 6.93. The Morgan fingerprint density at radius 1 is 1.44 bits per heavy atom. The topological polar surface area (TPSA) is 39.9 Å². The first-order chi connectivity index (χ1) is 7.43. The molecule has 0 aliphatic heterocycles. The van der Waals surface area contributed by atoms with Crippen molar-refractivity contribution in [1.82, 2.24) is 15.0 Å². The summed E-state index contributed by atoms with van der Waals surface area (Å²) in [5, 5.41) is 8.17. The first-order valence-electron chi connectivity index (χ1n) is 5.81. The van der Waals surface area contributed by atoms with Crippen molar-refractivity contribution in [3.05, 3.63) is 11.9 Å². The highest BCUT2D eigenvalue weighted by Crippen LogP contribution is 2.26. The van der Waals surface area contributed by atoms with E-state index in [0.29, 0.717) is 12.5 Å². The first kappa shape index (κ1) is 13.2. The van der Waals surface area contributed by atoms with E-state index in [4.69, 9.17) is 4.74 Å². The number of aromatic nitrogens is 3. The SMILES string of the molecule is COCc1cn(CC(C)(C)CC(C)C)nn1. The largest absolute Gasteiger partial charge is 0.378 e. The quantitative estimate of drug-likeness (QED) is 0.746. The minimum atomic E-state index is 0.256. The Hall–Kier alpha value is -0.900. The minimum absolute atomic E-state index is 0.256. The van der Waals surface area contributed by atoms with E-state index in [0.717, 1.165) is 12.2 Å². The van der Waals surface area contributed by atoms with Crippen molar-refractivity contribution in [2.24, 2.45) is 11.3 Å². The van der Waals surface area contributed by atoms with Gasteiger partial charge in [-0.2, -0.15) is 0 Å². The van der Waals surface area contributed by atoms with Gasteiger partial charge in [0.05, 0.1) is 12.8 Å². The fourth-order valence-electron chi connectivity index (χ4n) is 2.24. The fourth-order valence-corrected chi connectivity index (χ4v) is 2.24. The molecule has 0 saturated carbocycles. The zero-order valence-electron chi connectivity index (χ0n) is 11.0. The Morgan fingerprint density at radius 3 is 2.69 bits per heavy atom. The standard InChI is InChI=1S/C12H23N3O/c1-10(2)6-12(3,4)9-15-7-11(8-16-5)13-14-15/h7,10H,6,8-9H2,1-5H3. The molecule has 1 aromatic rings. The molecule has 0 radical (unpaired) electrons. The van der Waals surface area contributed by atoms with Crippen molar-refractivity contribution in [3.8, 4) is 0 Å². The predicted octanol–water partition coefficient (Wildman–Crippen LogP) is 2.50. The monoisotopic (exact) mass is 225 g/mol. The second-order valence-electron chi connectivity index (χ2n) is 5.60. The molecule has 4 heteroatoms. The van der Waals surface area contributed by atoms with E-state index in [9.17, 15) is 0 Å². The Balaban J connectivity index is 2.57. The lowest BCUT2D eigenvalue weighted by Crippen LogP contribution is -2.22. The highest BCUT2D eigenvalue weighted by Gasteiger charge is 2.20. The number of hydrogen-bond acceptors (Lipinski definition) is 3. The van der Waals surface area contributed by atoms with Crippen molar-refractivity contribution < 1.29 is 4.74 Å². The number of hydrogen-bond donors (Lipinski definition) is 0. The predicted molar refractivity (Wildman–Crippen MR) is 64.0 cm³/mol. The third-order valence-electron chi connectivity index (χ3n) is 2.43. The summed E-state index contributed by atoms with van der Waals surface area (Å²) in [7, 11) is 1.67. The molecule has 1 aromatic heterocycles. The Morgan fingerprint density at radius 2 is 2.12 bits per heavy atom. The molecule has 0 unspecified atom stereocenters. The summed E-state index contributed by atoms with van der Waals surface area (Å²) in [6, 6.07) is 0. The molecule has 16 heavy (non-hydrogen) atoms. The summed E-state index contributed by atoms with van der Waals surface area (Å²) in [5.41, 5.74) is 1.15. The molecular weight excluding hydrogens is 202 g/mol. The normalized spacial score (nSPS) is 12.4. The summed E-state index contributed by atoms with van der Waals surface area (Å²) >= 11 is 0. The molecule has 92 valence electrons. The van der Waals surface area contributed by atoms with Crippen molar-refractivity contribution in [3.63, 3.8) is 0 Å². The van der Waals surface area contributed by atoms with E-state index >= 15 is 0 Å². The highest BCUT2D eigenvalue weighted by atomic mass is 16.5. The summed E-state index contributed by atoms with van der Waals surface area (Å²) in [6.07, 6.45) is 3.15. The van der Waals surface area contributed by atoms with Crippen molar-refractivity contribution in [2.45, 2.75) is 47.3 Å². The van der Waals surface area contributed by atoms with Gasteiger partial charge in [-0.25, -0.2) is 0 Å². The number of rotatable bonds is 6. The van der Waals surface area contributed by atoms with Crippen LogP contribution < -0.4 is 0 Å². The zero-order valence-corrected chi connectivity index (χ0v) is 11.0. The van der Waals surface area contributed by atoms with Crippen molar-refractivity contribution >= 4 is 0 Å². The van der Waals surface area contributed by atoms with Gasteiger partial charge >= 0.3 is 0 Å². The van der Waals surface area contributed by atoms with Crippen LogP contribution in [0.3, 0.4) is 0 Å². The molecule has 0 saturated heterocycles. The van der Waals surface area contributed by atoms with Gasteiger partial charge < -0.3 is 4.74 Å². The van der Waals surface area contributed by atoms with E-state index in [2.05, 4.69) is 38.0 Å². The molecule has 0 amide bonds. The first-order valence-corrected chi connectivity index (χ1v) is 5.81. The highest BCUT2D eigenvalue weighted by molar-refractivity contribution is 4.90. The summed E-state index contributed by atoms with van der Waals surface area (Å²) in [5.74, 6) is 0.706. The minimum Gasteiger partial charge on any atom is -0.378 e. The van der Waals surface area contributed by atoms with Crippen LogP contribution in [0.1, 0.15) is 39.8 Å². The number of methoxy groups -OCH3 is 1. The van der Waals surface area contributed by atoms with Crippen LogP contribution in [0.4, 0.5) is 0 Å².